The number of hydrogen-bond donors (Lipinski definition) is 1. The maximum Gasteiger partial charge on any atom is 0.307 e. The summed E-state index contributed by atoms with van der Waals surface area (Å²) in [5.41, 5.74) is 0. The van der Waals surface area contributed by atoms with Crippen LogP contribution >= 0.6 is 0 Å². The Morgan fingerprint density at radius 1 is 1.05 bits per heavy atom. The number of ether oxygens (including phenoxy) is 1. The third kappa shape index (κ3) is 3.55. The average molecular weight is 296 g/mol. The van der Waals surface area contributed by atoms with Crippen LogP contribution in [0.5, 0.6) is 0 Å². The molecule has 2 unspecified atom stereocenters. The Kier molecular flexibility index (Phi) is 4.45. The van der Waals surface area contributed by atoms with E-state index in [1.807, 2.05) is 4.90 Å². The lowest BCUT2D eigenvalue weighted by Gasteiger charge is -2.36. The summed E-state index contributed by atoms with van der Waals surface area (Å²) in [7, 11) is 0. The Labute approximate surface area is 125 Å². The number of rotatable bonds is 4. The first-order valence-electron chi connectivity index (χ1n) is 7.97. The fraction of sp³-hybridized carbons (Fsp3) is 0.867. The van der Waals surface area contributed by atoms with Crippen molar-refractivity contribution in [2.24, 2.45) is 17.8 Å². The van der Waals surface area contributed by atoms with Crippen molar-refractivity contribution >= 4 is 11.9 Å². The largest absolute Gasteiger partial charge is 0.481 e. The number of piperidine rings is 1. The molecule has 0 aromatic carbocycles. The van der Waals surface area contributed by atoms with E-state index >= 15 is 0 Å². The molecule has 0 aromatic rings. The van der Waals surface area contributed by atoms with Gasteiger partial charge in [-0.2, -0.15) is 0 Å². The van der Waals surface area contributed by atoms with Gasteiger partial charge < -0.3 is 14.7 Å². The molecule has 1 aliphatic carbocycles. The monoisotopic (exact) mass is 296 g/mol. The van der Waals surface area contributed by atoms with E-state index in [0.29, 0.717) is 12.3 Å². The Hall–Kier alpha value is -1.14. The first-order valence-corrected chi connectivity index (χ1v) is 7.97. The van der Waals surface area contributed by atoms with Crippen molar-refractivity contribution < 1.29 is 19.4 Å². The van der Waals surface area contributed by atoms with Crippen LogP contribution in [0.3, 0.4) is 0 Å². The van der Waals surface area contributed by atoms with Gasteiger partial charge in [0.2, 0.25) is 5.91 Å². The molecule has 0 aromatic heterocycles. The molecule has 3 fully saturated rings. The number of carbonyl (C=O) groups is 2. The summed E-state index contributed by atoms with van der Waals surface area (Å²) in [6.07, 6.45) is 2.60. The first-order chi connectivity index (χ1) is 10.1. The molecule has 21 heavy (non-hydrogen) atoms. The van der Waals surface area contributed by atoms with E-state index in [-0.39, 0.29) is 11.8 Å². The number of carboxylic acids is 1. The number of nitrogens with zero attached hydrogens (tertiary/aromatic N) is 2. The minimum atomic E-state index is -0.824. The molecular weight excluding hydrogens is 272 g/mol. The Bertz CT molecular complexity index is 400. The fourth-order valence-electron chi connectivity index (χ4n) is 3.46. The van der Waals surface area contributed by atoms with Crippen LogP contribution < -0.4 is 0 Å². The second-order valence-electron chi connectivity index (χ2n) is 6.47. The highest BCUT2D eigenvalue weighted by Crippen LogP contribution is 2.40. The molecule has 3 aliphatic rings. The zero-order valence-electron chi connectivity index (χ0n) is 12.4. The second-order valence-corrected chi connectivity index (χ2v) is 6.47. The van der Waals surface area contributed by atoms with Gasteiger partial charge in [-0.3, -0.25) is 14.5 Å². The summed E-state index contributed by atoms with van der Waals surface area (Å²) >= 11 is 0. The minimum Gasteiger partial charge on any atom is -0.481 e. The zero-order valence-corrected chi connectivity index (χ0v) is 12.4. The highest BCUT2D eigenvalue weighted by molar-refractivity contribution is 5.89. The van der Waals surface area contributed by atoms with Gasteiger partial charge in [0.05, 0.1) is 25.0 Å². The van der Waals surface area contributed by atoms with Gasteiger partial charge in [-0.25, -0.2) is 0 Å². The predicted molar refractivity (Wildman–Crippen MR) is 75.8 cm³/mol. The van der Waals surface area contributed by atoms with Crippen molar-refractivity contribution in [1.29, 1.82) is 0 Å². The number of aliphatic carboxylic acids is 1. The molecule has 0 radical (unpaired) electrons. The standard InChI is InChI=1S/C15H24N2O4/c18-14(12-9-13(12)15(19)20)17-3-1-11(2-4-17)10-16-5-7-21-8-6-16/h11-13H,1-10H2,(H,19,20). The molecule has 2 atom stereocenters. The summed E-state index contributed by atoms with van der Waals surface area (Å²) < 4.78 is 5.36. The van der Waals surface area contributed by atoms with Crippen LogP contribution in [-0.2, 0) is 14.3 Å². The van der Waals surface area contributed by atoms with Crippen molar-refractivity contribution in [3.8, 4) is 0 Å². The molecule has 0 bridgehead atoms. The van der Waals surface area contributed by atoms with E-state index in [4.69, 9.17) is 9.84 Å². The third-order valence-corrected chi connectivity index (χ3v) is 4.97. The van der Waals surface area contributed by atoms with Gasteiger partial charge in [0, 0.05) is 32.7 Å². The number of carboxylic acid groups (broad SMARTS) is 1. The normalized spacial score (nSPS) is 31.1. The Morgan fingerprint density at radius 3 is 2.29 bits per heavy atom. The highest BCUT2D eigenvalue weighted by atomic mass is 16.5. The summed E-state index contributed by atoms with van der Waals surface area (Å²) in [4.78, 5) is 27.4. The van der Waals surface area contributed by atoms with Crippen LogP contribution in [0.1, 0.15) is 19.3 Å². The summed E-state index contributed by atoms with van der Waals surface area (Å²) in [5.74, 6) is -0.786. The first kappa shape index (κ1) is 14.8. The summed E-state index contributed by atoms with van der Waals surface area (Å²) in [6, 6.07) is 0. The van der Waals surface area contributed by atoms with Crippen LogP contribution in [0.2, 0.25) is 0 Å². The van der Waals surface area contributed by atoms with Crippen molar-refractivity contribution in [2.75, 3.05) is 45.9 Å². The van der Waals surface area contributed by atoms with E-state index in [1.54, 1.807) is 0 Å². The fourth-order valence-corrected chi connectivity index (χ4v) is 3.46. The predicted octanol–water partition coefficient (Wildman–Crippen LogP) is 0.278. The second kappa shape index (κ2) is 6.32. The maximum atomic E-state index is 12.2. The van der Waals surface area contributed by atoms with Crippen LogP contribution in [0.4, 0.5) is 0 Å². The molecule has 2 aliphatic heterocycles. The van der Waals surface area contributed by atoms with E-state index < -0.39 is 11.9 Å². The molecule has 0 spiro atoms. The molecule has 118 valence electrons. The third-order valence-electron chi connectivity index (χ3n) is 4.97. The van der Waals surface area contributed by atoms with Crippen LogP contribution in [-0.4, -0.2) is 72.7 Å². The minimum absolute atomic E-state index is 0.0622. The molecule has 2 saturated heterocycles. The Balaban J connectivity index is 1.40. The number of amides is 1. The van der Waals surface area contributed by atoms with E-state index in [0.717, 1.165) is 58.8 Å². The van der Waals surface area contributed by atoms with Gasteiger partial charge in [-0.05, 0) is 25.2 Å². The van der Waals surface area contributed by atoms with Gasteiger partial charge in [-0.1, -0.05) is 0 Å². The van der Waals surface area contributed by atoms with Crippen LogP contribution in [0.25, 0.3) is 0 Å². The molecule has 1 saturated carbocycles. The Morgan fingerprint density at radius 2 is 1.71 bits per heavy atom. The smallest absolute Gasteiger partial charge is 0.307 e. The van der Waals surface area contributed by atoms with Crippen LogP contribution in [0, 0.1) is 17.8 Å². The maximum absolute atomic E-state index is 12.2. The zero-order chi connectivity index (χ0) is 14.8. The number of hydrogen-bond acceptors (Lipinski definition) is 4. The molecule has 1 N–H and O–H groups in total. The molecular formula is C15H24N2O4. The lowest BCUT2D eigenvalue weighted by atomic mass is 9.95. The number of carbonyl (C=O) groups excluding carboxylic acids is 1. The summed E-state index contributed by atoms with van der Waals surface area (Å²) in [5, 5.41) is 8.91. The van der Waals surface area contributed by atoms with Crippen molar-refractivity contribution in [3.63, 3.8) is 0 Å². The van der Waals surface area contributed by atoms with Crippen molar-refractivity contribution in [1.82, 2.24) is 9.80 Å². The molecule has 2 heterocycles. The van der Waals surface area contributed by atoms with Gasteiger partial charge in [-0.15, -0.1) is 0 Å². The lowest BCUT2D eigenvalue weighted by molar-refractivity contribution is -0.142. The van der Waals surface area contributed by atoms with Crippen molar-refractivity contribution in [3.05, 3.63) is 0 Å². The molecule has 6 nitrogen and oxygen atoms in total. The lowest BCUT2D eigenvalue weighted by Crippen LogP contribution is -2.44. The van der Waals surface area contributed by atoms with E-state index in [2.05, 4.69) is 4.90 Å². The molecule has 1 amide bonds. The van der Waals surface area contributed by atoms with Crippen LogP contribution in [0.15, 0.2) is 0 Å². The highest BCUT2D eigenvalue weighted by Gasteiger charge is 2.50. The summed E-state index contributed by atoms with van der Waals surface area (Å²) in [6.45, 7) is 6.37. The van der Waals surface area contributed by atoms with Crippen molar-refractivity contribution in [2.45, 2.75) is 19.3 Å². The topological polar surface area (TPSA) is 70.1 Å². The average Bonchev–Trinajstić information content (AvgIpc) is 3.29. The van der Waals surface area contributed by atoms with Gasteiger partial charge in [0.15, 0.2) is 0 Å². The quantitative estimate of drug-likeness (QED) is 0.807. The molecule has 6 heteroatoms. The van der Waals surface area contributed by atoms with E-state index in [1.165, 1.54) is 0 Å². The van der Waals surface area contributed by atoms with Gasteiger partial charge in [0.25, 0.3) is 0 Å². The SMILES string of the molecule is O=C(O)C1CC1C(=O)N1CCC(CN2CCOCC2)CC1. The van der Waals surface area contributed by atoms with Gasteiger partial charge in [0.1, 0.15) is 0 Å². The molecule has 3 rings (SSSR count). The number of likely N-dealkylation sites (tertiary alicyclic amines) is 1. The van der Waals surface area contributed by atoms with Gasteiger partial charge >= 0.3 is 5.97 Å². The van der Waals surface area contributed by atoms with E-state index in [9.17, 15) is 9.59 Å². The number of morpholine rings is 1.